The lowest BCUT2D eigenvalue weighted by atomic mass is 10.2. The van der Waals surface area contributed by atoms with Crippen LogP contribution in [0.1, 0.15) is 24.0 Å². The van der Waals surface area contributed by atoms with Crippen LogP contribution in [-0.2, 0) is 17.9 Å². The first-order chi connectivity index (χ1) is 8.86. The van der Waals surface area contributed by atoms with Crippen molar-refractivity contribution in [1.82, 2.24) is 5.32 Å². The number of nitrogens with one attached hydrogen (secondary N) is 1. The third kappa shape index (κ3) is 4.83. The molecule has 1 heterocycles. The van der Waals surface area contributed by atoms with Gasteiger partial charge in [-0.25, -0.2) is 8.78 Å². The van der Waals surface area contributed by atoms with Gasteiger partial charge in [0.1, 0.15) is 18.1 Å². The van der Waals surface area contributed by atoms with E-state index in [0.717, 1.165) is 6.54 Å². The minimum absolute atomic E-state index is 0.177. The smallest absolute Gasteiger partial charge is 0.330 e. The van der Waals surface area contributed by atoms with Gasteiger partial charge in [0.05, 0.1) is 13.2 Å². The summed E-state index contributed by atoms with van der Waals surface area (Å²) in [4.78, 5) is 0. The molecule has 110 valence electrons. The summed E-state index contributed by atoms with van der Waals surface area (Å²) in [7, 11) is 0. The Morgan fingerprint density at radius 3 is 2.68 bits per heavy atom. The molecule has 0 saturated carbocycles. The lowest BCUT2D eigenvalue weighted by Gasteiger charge is -2.14. The molecule has 0 bridgehead atoms. The zero-order valence-electron chi connectivity index (χ0n) is 10.8. The van der Waals surface area contributed by atoms with E-state index in [2.05, 4.69) is 10.1 Å². The van der Waals surface area contributed by atoms with E-state index in [-0.39, 0.29) is 6.61 Å². The summed E-state index contributed by atoms with van der Waals surface area (Å²) in [6.45, 7) is 3.41. The van der Waals surface area contributed by atoms with E-state index in [0.29, 0.717) is 23.6 Å². The van der Waals surface area contributed by atoms with Gasteiger partial charge < -0.3 is 14.5 Å². The van der Waals surface area contributed by atoms with Crippen molar-refractivity contribution in [3.63, 3.8) is 0 Å². The first-order valence-corrected chi connectivity index (χ1v) is 5.89. The molecule has 0 atom stereocenters. The number of ether oxygens (including phenoxy) is 1. The first kappa shape index (κ1) is 16.0. The summed E-state index contributed by atoms with van der Waals surface area (Å²) in [6.07, 6.45) is -3.72. The largest absolute Gasteiger partial charge is 0.465 e. The molecule has 0 fully saturated rings. The lowest BCUT2D eigenvalue weighted by molar-refractivity contribution is -0.168. The fourth-order valence-corrected chi connectivity index (χ4v) is 1.43. The molecule has 0 aliphatic heterocycles. The van der Waals surface area contributed by atoms with E-state index in [1.807, 2.05) is 6.92 Å². The summed E-state index contributed by atoms with van der Waals surface area (Å²) in [5, 5.41) is 3.05. The summed E-state index contributed by atoms with van der Waals surface area (Å²) in [6, 6.07) is 1.67. The predicted octanol–water partition coefficient (Wildman–Crippen LogP) is 3.11. The average molecular weight is 283 g/mol. The van der Waals surface area contributed by atoms with Gasteiger partial charge in [0.15, 0.2) is 0 Å². The van der Waals surface area contributed by atoms with Crippen molar-refractivity contribution in [2.75, 3.05) is 13.2 Å². The molecule has 0 unspecified atom stereocenters. The summed E-state index contributed by atoms with van der Waals surface area (Å²) in [5.74, 6) is -2.93. The van der Waals surface area contributed by atoms with E-state index in [9.17, 15) is 17.6 Å². The molecule has 0 spiro atoms. The number of hydrogen-bond donors (Lipinski definition) is 1. The van der Waals surface area contributed by atoms with E-state index in [1.54, 1.807) is 13.0 Å². The van der Waals surface area contributed by atoms with Crippen molar-refractivity contribution in [3.05, 3.63) is 23.2 Å². The molecular formula is C12H17F4NO2. The van der Waals surface area contributed by atoms with Gasteiger partial charge in [-0.05, 0) is 19.5 Å². The van der Waals surface area contributed by atoms with Crippen molar-refractivity contribution in [1.29, 1.82) is 0 Å². The Hall–Kier alpha value is -1.08. The number of furan rings is 1. The van der Waals surface area contributed by atoms with E-state index < -0.39 is 19.0 Å². The second kappa shape index (κ2) is 6.91. The number of hydrogen-bond acceptors (Lipinski definition) is 3. The maximum atomic E-state index is 12.6. The van der Waals surface area contributed by atoms with E-state index in [4.69, 9.17) is 4.42 Å². The standard InChI is InChI=1S/C12H17F4NO2/c1-3-17-5-10-4-9(8(2)19-10)6-18-7-12(15,16)11(13)14/h4,11,17H,3,5-7H2,1-2H3. The quantitative estimate of drug-likeness (QED) is 0.744. The van der Waals surface area contributed by atoms with Crippen LogP contribution in [0.15, 0.2) is 10.5 Å². The van der Waals surface area contributed by atoms with Gasteiger partial charge in [-0.15, -0.1) is 0 Å². The highest BCUT2D eigenvalue weighted by Crippen LogP contribution is 2.24. The van der Waals surface area contributed by atoms with Gasteiger partial charge in [0.25, 0.3) is 0 Å². The molecule has 7 heteroatoms. The Labute approximate surface area is 108 Å². The van der Waals surface area contributed by atoms with Gasteiger partial charge in [-0.2, -0.15) is 8.78 Å². The predicted molar refractivity (Wildman–Crippen MR) is 61.4 cm³/mol. The number of rotatable bonds is 8. The van der Waals surface area contributed by atoms with Crippen LogP contribution in [-0.4, -0.2) is 25.5 Å². The average Bonchev–Trinajstić information content (AvgIpc) is 2.67. The first-order valence-electron chi connectivity index (χ1n) is 5.89. The third-order valence-corrected chi connectivity index (χ3v) is 2.49. The number of alkyl halides is 4. The van der Waals surface area contributed by atoms with Crippen molar-refractivity contribution in [2.45, 2.75) is 39.3 Å². The summed E-state index contributed by atoms with van der Waals surface area (Å²) in [5.41, 5.74) is 0.581. The Morgan fingerprint density at radius 2 is 2.11 bits per heavy atom. The van der Waals surface area contributed by atoms with Crippen LogP contribution in [0, 0.1) is 6.92 Å². The molecule has 1 aromatic heterocycles. The second-order valence-corrected chi connectivity index (χ2v) is 4.13. The van der Waals surface area contributed by atoms with Crippen LogP contribution >= 0.6 is 0 Å². The van der Waals surface area contributed by atoms with Crippen molar-refractivity contribution >= 4 is 0 Å². The number of halogens is 4. The topological polar surface area (TPSA) is 34.4 Å². The normalized spacial score (nSPS) is 12.4. The minimum Gasteiger partial charge on any atom is -0.465 e. The highest BCUT2D eigenvalue weighted by molar-refractivity contribution is 5.19. The zero-order chi connectivity index (χ0) is 14.5. The molecule has 0 radical (unpaired) electrons. The maximum absolute atomic E-state index is 12.6. The van der Waals surface area contributed by atoms with Crippen LogP contribution in [0.25, 0.3) is 0 Å². The Bertz CT molecular complexity index is 393. The van der Waals surface area contributed by atoms with Crippen LogP contribution in [0.2, 0.25) is 0 Å². The summed E-state index contributed by atoms with van der Waals surface area (Å²) >= 11 is 0. The Balaban J connectivity index is 2.47. The third-order valence-electron chi connectivity index (χ3n) is 2.49. The molecule has 1 aromatic rings. The molecule has 1 rings (SSSR count). The van der Waals surface area contributed by atoms with Crippen molar-refractivity contribution in [2.24, 2.45) is 0 Å². The molecule has 0 saturated heterocycles. The van der Waals surface area contributed by atoms with Gasteiger partial charge in [-0.3, -0.25) is 0 Å². The van der Waals surface area contributed by atoms with Crippen molar-refractivity contribution in [3.8, 4) is 0 Å². The fraction of sp³-hybridized carbons (Fsp3) is 0.667. The molecule has 0 aliphatic carbocycles. The van der Waals surface area contributed by atoms with Gasteiger partial charge >= 0.3 is 12.3 Å². The Kier molecular flexibility index (Phi) is 5.81. The van der Waals surface area contributed by atoms with Gasteiger partial charge in [0.2, 0.25) is 0 Å². The highest BCUT2D eigenvalue weighted by atomic mass is 19.3. The molecule has 19 heavy (non-hydrogen) atoms. The summed E-state index contributed by atoms with van der Waals surface area (Å²) < 4.78 is 59.0. The molecule has 0 aromatic carbocycles. The second-order valence-electron chi connectivity index (χ2n) is 4.13. The van der Waals surface area contributed by atoms with E-state index in [1.165, 1.54) is 0 Å². The fourth-order valence-electron chi connectivity index (χ4n) is 1.43. The molecule has 1 N–H and O–H groups in total. The monoisotopic (exact) mass is 283 g/mol. The van der Waals surface area contributed by atoms with Crippen LogP contribution in [0.5, 0.6) is 0 Å². The molecular weight excluding hydrogens is 266 g/mol. The van der Waals surface area contributed by atoms with Crippen LogP contribution in [0.3, 0.4) is 0 Å². The lowest BCUT2D eigenvalue weighted by Crippen LogP contribution is -2.32. The molecule has 0 amide bonds. The van der Waals surface area contributed by atoms with E-state index >= 15 is 0 Å². The number of aryl methyl sites for hydroxylation is 1. The minimum atomic E-state index is -4.12. The van der Waals surface area contributed by atoms with Crippen LogP contribution in [0.4, 0.5) is 17.6 Å². The van der Waals surface area contributed by atoms with Gasteiger partial charge in [-0.1, -0.05) is 6.92 Å². The SMILES string of the molecule is CCNCc1cc(COCC(F)(F)C(F)F)c(C)o1. The van der Waals surface area contributed by atoms with Crippen LogP contribution < -0.4 is 5.32 Å². The highest BCUT2D eigenvalue weighted by Gasteiger charge is 2.40. The Morgan fingerprint density at radius 1 is 1.42 bits per heavy atom. The maximum Gasteiger partial charge on any atom is 0.330 e. The molecule has 0 aliphatic rings. The van der Waals surface area contributed by atoms with Gasteiger partial charge in [0, 0.05) is 5.56 Å². The zero-order valence-corrected chi connectivity index (χ0v) is 10.8. The molecule has 3 nitrogen and oxygen atoms in total. The van der Waals surface area contributed by atoms with Crippen molar-refractivity contribution < 1.29 is 26.7 Å².